The minimum atomic E-state index is -1.31. The third-order valence-electron chi connectivity index (χ3n) is 7.39. The van der Waals surface area contributed by atoms with Gasteiger partial charge in [-0.3, -0.25) is 4.57 Å². The molecule has 11 nitrogen and oxygen atoms in total. The van der Waals surface area contributed by atoms with Crippen LogP contribution in [0.2, 0.25) is 5.15 Å². The number of aromatic nitrogens is 3. The molecule has 4 atom stereocenters. The van der Waals surface area contributed by atoms with E-state index in [-0.39, 0.29) is 39.8 Å². The highest BCUT2D eigenvalue weighted by Gasteiger charge is 2.52. The smallest absolute Gasteiger partial charge is 0.338 e. The van der Waals surface area contributed by atoms with Crippen molar-refractivity contribution in [3.63, 3.8) is 0 Å². The molecule has 47 heavy (non-hydrogen) atoms. The van der Waals surface area contributed by atoms with E-state index in [1.807, 2.05) is 0 Å². The Hall–Kier alpha value is -5.22. The van der Waals surface area contributed by atoms with Crippen LogP contribution < -0.4 is 0 Å². The van der Waals surface area contributed by atoms with Crippen LogP contribution >= 0.6 is 23.4 Å². The summed E-state index contributed by atoms with van der Waals surface area (Å²) in [5, 5.41) is 10.4. The lowest BCUT2D eigenvalue weighted by molar-refractivity contribution is -0.0624. The average molecular weight is 669 g/mol. The number of nitriles is 1. The van der Waals surface area contributed by atoms with E-state index in [1.165, 1.54) is 22.7 Å². The topological polar surface area (TPSA) is 143 Å². The maximum Gasteiger partial charge on any atom is 0.338 e. The van der Waals surface area contributed by atoms with Crippen molar-refractivity contribution in [2.75, 3.05) is 12.9 Å². The summed E-state index contributed by atoms with van der Waals surface area (Å²) in [6, 6.07) is 27.0. The molecule has 1 fully saturated rings. The first-order chi connectivity index (χ1) is 22.9. The van der Waals surface area contributed by atoms with Crippen molar-refractivity contribution >= 4 is 41.3 Å². The van der Waals surface area contributed by atoms with Crippen molar-refractivity contribution in [3.8, 4) is 17.5 Å². The predicted octanol–water partition coefficient (Wildman–Crippen LogP) is 5.84. The number of fused-ring (bicyclic) bond motifs is 1. The SMILES string of the molecule is CSc1nc2ncn([C@@H]3O[C@H](COC(=O)c4ccccc4)[C@@H](OC(=O)c4ccccc4)[C@H]3OC(=O)c3ccccc3)c(Cl)c-2c1C#N. The van der Waals surface area contributed by atoms with Gasteiger partial charge in [0, 0.05) is 0 Å². The van der Waals surface area contributed by atoms with E-state index in [2.05, 4.69) is 16.0 Å². The summed E-state index contributed by atoms with van der Waals surface area (Å²) in [7, 11) is 0. The molecule has 0 unspecified atom stereocenters. The van der Waals surface area contributed by atoms with Crippen LogP contribution in [0, 0.1) is 11.3 Å². The molecule has 13 heteroatoms. The minimum Gasteiger partial charge on any atom is -0.459 e. The van der Waals surface area contributed by atoms with Crippen LogP contribution in [0.5, 0.6) is 0 Å². The number of esters is 3. The van der Waals surface area contributed by atoms with Gasteiger partial charge in [0.1, 0.15) is 35.3 Å². The summed E-state index contributed by atoms with van der Waals surface area (Å²) in [6.07, 6.45) is -1.84. The third-order valence-corrected chi connectivity index (χ3v) is 8.46. The Morgan fingerprint density at radius 3 is 1.94 bits per heavy atom. The van der Waals surface area contributed by atoms with Gasteiger partial charge in [-0.1, -0.05) is 66.2 Å². The fraction of sp³-hybridized carbons (Fsp3) is 0.176. The third kappa shape index (κ3) is 6.55. The lowest BCUT2D eigenvalue weighted by Gasteiger charge is -2.26. The molecule has 6 rings (SSSR count). The summed E-state index contributed by atoms with van der Waals surface area (Å²) in [4.78, 5) is 48.5. The second kappa shape index (κ2) is 14.0. The second-order valence-electron chi connectivity index (χ2n) is 10.3. The van der Waals surface area contributed by atoms with Crippen molar-refractivity contribution in [2.24, 2.45) is 0 Å². The number of carbonyl (C=O) groups is 3. The van der Waals surface area contributed by atoms with Gasteiger partial charge >= 0.3 is 17.9 Å². The minimum absolute atomic E-state index is 0.0279. The largest absolute Gasteiger partial charge is 0.459 e. The van der Waals surface area contributed by atoms with E-state index in [1.54, 1.807) is 97.3 Å². The van der Waals surface area contributed by atoms with Gasteiger partial charge in [0.2, 0.25) is 0 Å². The molecule has 1 saturated heterocycles. The number of rotatable bonds is 9. The van der Waals surface area contributed by atoms with Crippen molar-refractivity contribution < 1.29 is 33.3 Å². The fourth-order valence-electron chi connectivity index (χ4n) is 5.12. The van der Waals surface area contributed by atoms with Crippen LogP contribution in [0.25, 0.3) is 11.4 Å². The molecule has 3 heterocycles. The Morgan fingerprint density at radius 2 is 1.40 bits per heavy atom. The zero-order valence-electron chi connectivity index (χ0n) is 24.7. The highest BCUT2D eigenvalue weighted by atomic mass is 35.5. The zero-order valence-corrected chi connectivity index (χ0v) is 26.3. The van der Waals surface area contributed by atoms with Crippen LogP contribution in [-0.4, -0.2) is 63.6 Å². The summed E-state index contributed by atoms with van der Waals surface area (Å²) < 4.78 is 25.3. The molecule has 0 bridgehead atoms. The van der Waals surface area contributed by atoms with Crippen LogP contribution in [0.4, 0.5) is 0 Å². The Labute approximate surface area is 278 Å². The Morgan fingerprint density at radius 1 is 0.872 bits per heavy atom. The van der Waals surface area contributed by atoms with Gasteiger partial charge < -0.3 is 18.9 Å². The number of hydrogen-bond acceptors (Lipinski definition) is 11. The van der Waals surface area contributed by atoms with Gasteiger partial charge in [0.15, 0.2) is 24.3 Å². The Balaban J connectivity index is 1.42. The molecule has 0 aromatic heterocycles. The average Bonchev–Trinajstić information content (AvgIpc) is 3.66. The van der Waals surface area contributed by atoms with E-state index in [9.17, 15) is 19.6 Å². The summed E-state index contributed by atoms with van der Waals surface area (Å²) in [5.41, 5.74) is 1.27. The number of benzene rings is 3. The van der Waals surface area contributed by atoms with Crippen LogP contribution in [0.3, 0.4) is 0 Å². The molecule has 236 valence electrons. The van der Waals surface area contributed by atoms with Gasteiger partial charge in [-0.25, -0.2) is 24.4 Å². The Kier molecular flexibility index (Phi) is 9.49. The number of hydrogen-bond donors (Lipinski definition) is 0. The number of ether oxygens (including phenoxy) is 4. The molecule has 3 aliphatic rings. The van der Waals surface area contributed by atoms with E-state index < -0.39 is 42.4 Å². The van der Waals surface area contributed by atoms with Gasteiger partial charge in [0.05, 0.1) is 27.8 Å². The van der Waals surface area contributed by atoms with E-state index >= 15 is 0 Å². The monoisotopic (exact) mass is 668 g/mol. The summed E-state index contributed by atoms with van der Waals surface area (Å²) >= 11 is 8.17. The van der Waals surface area contributed by atoms with Gasteiger partial charge in [-0.05, 0) is 42.7 Å². The summed E-state index contributed by atoms with van der Waals surface area (Å²) in [5.74, 6) is -1.84. The van der Waals surface area contributed by atoms with Crippen molar-refractivity contribution in [1.29, 1.82) is 5.26 Å². The van der Waals surface area contributed by atoms with E-state index in [0.717, 1.165) is 0 Å². The summed E-state index contributed by atoms with van der Waals surface area (Å²) in [6.45, 7) is -0.373. The molecular weight excluding hydrogens is 644 g/mol. The molecule has 0 N–H and O–H groups in total. The maximum atomic E-state index is 13.5. The fourth-order valence-corrected chi connectivity index (χ4v) is 5.97. The molecule has 0 aliphatic carbocycles. The Bertz CT molecular complexity index is 1920. The van der Waals surface area contributed by atoms with E-state index in [0.29, 0.717) is 10.6 Å². The molecule has 0 amide bonds. The quantitative estimate of drug-likeness (QED) is 0.0809. The van der Waals surface area contributed by atoms with E-state index in [4.69, 9.17) is 30.5 Å². The second-order valence-corrected chi connectivity index (χ2v) is 11.4. The zero-order chi connectivity index (χ0) is 32.9. The van der Waals surface area contributed by atoms with Gasteiger partial charge in [0.25, 0.3) is 0 Å². The first kappa shape index (κ1) is 31.7. The maximum absolute atomic E-state index is 13.5. The number of halogens is 1. The molecule has 3 aromatic carbocycles. The predicted molar refractivity (Wildman–Crippen MR) is 170 cm³/mol. The van der Waals surface area contributed by atoms with Gasteiger partial charge in [-0.15, -0.1) is 11.8 Å². The molecule has 3 aliphatic heterocycles. The van der Waals surface area contributed by atoms with Gasteiger partial charge in [-0.2, -0.15) is 5.26 Å². The van der Waals surface area contributed by atoms with Crippen LogP contribution in [0.1, 0.15) is 42.9 Å². The highest BCUT2D eigenvalue weighted by Crippen LogP contribution is 2.42. The van der Waals surface area contributed by atoms with Crippen molar-refractivity contribution in [2.45, 2.75) is 29.6 Å². The number of nitrogens with zero attached hydrogens (tertiary/aromatic N) is 4. The lowest BCUT2D eigenvalue weighted by Crippen LogP contribution is -2.41. The lowest BCUT2D eigenvalue weighted by atomic mass is 10.1. The number of carbonyl (C=O) groups excluding carboxylic acids is 3. The number of thioether (sulfide) groups is 1. The molecular formula is C34H25ClN4O7S. The van der Waals surface area contributed by atoms with Crippen LogP contribution in [-0.2, 0) is 18.9 Å². The van der Waals surface area contributed by atoms with Crippen molar-refractivity contribution in [3.05, 3.63) is 125 Å². The first-order valence-electron chi connectivity index (χ1n) is 14.3. The van der Waals surface area contributed by atoms with Crippen molar-refractivity contribution in [1.82, 2.24) is 14.5 Å². The molecule has 0 radical (unpaired) electrons. The standard InChI is InChI=1S/C34H25ClN4O7S/c1-47-30-23(17-36)25-28(35)39(19-37-29(25)38-30)31-27(46-34(42)22-15-9-4-10-16-22)26(45-33(41)21-13-7-3-8-14-21)24(44-31)18-43-32(40)20-11-5-2-6-12-20/h2-16,19,24,26-27,31H,18H2,1H3/t24-,26-,27-,31-/m1/s1. The normalized spacial score (nSPS) is 18.7. The molecule has 0 saturated carbocycles. The molecule has 0 spiro atoms. The first-order valence-corrected chi connectivity index (χ1v) is 15.9. The molecule has 3 aromatic rings. The highest BCUT2D eigenvalue weighted by molar-refractivity contribution is 7.98. The van der Waals surface area contributed by atoms with Crippen LogP contribution in [0.15, 0.2) is 102 Å².